The number of rotatable bonds is 1. The van der Waals surface area contributed by atoms with Gasteiger partial charge in [0.15, 0.2) is 5.58 Å². The Morgan fingerprint density at radius 3 is 3.00 bits per heavy atom. The third-order valence-electron chi connectivity index (χ3n) is 1.87. The summed E-state index contributed by atoms with van der Waals surface area (Å²) in [4.78, 5) is 0. The van der Waals surface area contributed by atoms with Gasteiger partial charge in [-0.2, -0.15) is 0 Å². The molecule has 1 N–H and O–H groups in total. The summed E-state index contributed by atoms with van der Waals surface area (Å²) in [6.07, 6.45) is 1.48. The standard InChI is InChI=1S/C9H6BrFO2/c10-7-8(11)6(4-12)3-5-1-2-13-9(5)7/h1-3,12H,4H2. The molecule has 0 aliphatic carbocycles. The first-order chi connectivity index (χ1) is 6.24. The molecular weight excluding hydrogens is 239 g/mol. The van der Waals surface area contributed by atoms with E-state index >= 15 is 0 Å². The van der Waals surface area contributed by atoms with Gasteiger partial charge in [-0.15, -0.1) is 0 Å². The van der Waals surface area contributed by atoms with Crippen molar-refractivity contribution in [1.29, 1.82) is 0 Å². The third kappa shape index (κ3) is 1.26. The maximum absolute atomic E-state index is 13.3. The van der Waals surface area contributed by atoms with Crippen molar-refractivity contribution < 1.29 is 13.9 Å². The molecule has 0 bridgehead atoms. The Hall–Kier alpha value is -0.870. The second kappa shape index (κ2) is 3.12. The van der Waals surface area contributed by atoms with Crippen LogP contribution < -0.4 is 0 Å². The van der Waals surface area contributed by atoms with Crippen LogP contribution in [-0.4, -0.2) is 5.11 Å². The van der Waals surface area contributed by atoms with Gasteiger partial charge < -0.3 is 9.52 Å². The van der Waals surface area contributed by atoms with Crippen LogP contribution in [0.1, 0.15) is 5.56 Å². The predicted octanol–water partition coefficient (Wildman–Crippen LogP) is 2.83. The molecule has 2 aromatic rings. The number of hydrogen-bond acceptors (Lipinski definition) is 2. The highest BCUT2D eigenvalue weighted by atomic mass is 79.9. The lowest BCUT2D eigenvalue weighted by atomic mass is 10.1. The Morgan fingerprint density at radius 1 is 1.54 bits per heavy atom. The minimum Gasteiger partial charge on any atom is -0.463 e. The van der Waals surface area contributed by atoms with Gasteiger partial charge in [0.05, 0.1) is 17.3 Å². The van der Waals surface area contributed by atoms with E-state index in [0.717, 1.165) is 5.39 Å². The van der Waals surface area contributed by atoms with Crippen molar-refractivity contribution >= 4 is 26.9 Å². The highest BCUT2D eigenvalue weighted by Gasteiger charge is 2.12. The molecule has 4 heteroatoms. The van der Waals surface area contributed by atoms with E-state index in [2.05, 4.69) is 15.9 Å². The van der Waals surface area contributed by atoms with Gasteiger partial charge in [0.2, 0.25) is 0 Å². The van der Waals surface area contributed by atoms with Gasteiger partial charge in [-0.1, -0.05) is 0 Å². The predicted molar refractivity (Wildman–Crippen MR) is 49.8 cm³/mol. The molecule has 0 saturated heterocycles. The smallest absolute Gasteiger partial charge is 0.151 e. The Kier molecular flexibility index (Phi) is 2.09. The Morgan fingerprint density at radius 2 is 2.31 bits per heavy atom. The monoisotopic (exact) mass is 244 g/mol. The fourth-order valence-electron chi connectivity index (χ4n) is 1.22. The van der Waals surface area contributed by atoms with Crippen LogP contribution in [0.3, 0.4) is 0 Å². The number of benzene rings is 1. The van der Waals surface area contributed by atoms with Gasteiger partial charge in [-0.05, 0) is 28.1 Å². The van der Waals surface area contributed by atoms with Gasteiger partial charge in [0, 0.05) is 10.9 Å². The Bertz CT molecular complexity index is 450. The molecule has 1 aromatic carbocycles. The van der Waals surface area contributed by atoms with Crippen molar-refractivity contribution in [2.45, 2.75) is 6.61 Å². The Labute approximate surface area is 82.1 Å². The summed E-state index contributed by atoms with van der Waals surface area (Å²) in [5, 5.41) is 9.62. The van der Waals surface area contributed by atoms with E-state index in [-0.39, 0.29) is 16.6 Å². The number of halogens is 2. The number of aliphatic hydroxyl groups is 1. The number of hydrogen-bond donors (Lipinski definition) is 1. The quantitative estimate of drug-likeness (QED) is 0.837. The summed E-state index contributed by atoms with van der Waals surface area (Å²) >= 11 is 3.07. The van der Waals surface area contributed by atoms with Crippen LogP contribution in [0.25, 0.3) is 11.0 Å². The molecule has 0 amide bonds. The van der Waals surface area contributed by atoms with Crippen LogP contribution in [0, 0.1) is 5.82 Å². The van der Waals surface area contributed by atoms with E-state index in [1.165, 1.54) is 6.26 Å². The van der Waals surface area contributed by atoms with E-state index in [1.807, 2.05) is 0 Å². The second-order valence-electron chi connectivity index (χ2n) is 2.66. The van der Waals surface area contributed by atoms with Crippen LogP contribution in [0.5, 0.6) is 0 Å². The van der Waals surface area contributed by atoms with E-state index in [1.54, 1.807) is 12.1 Å². The molecule has 13 heavy (non-hydrogen) atoms. The summed E-state index contributed by atoms with van der Waals surface area (Å²) in [7, 11) is 0. The molecule has 2 nitrogen and oxygen atoms in total. The summed E-state index contributed by atoms with van der Waals surface area (Å²) in [6.45, 7) is -0.314. The number of furan rings is 1. The summed E-state index contributed by atoms with van der Waals surface area (Å²) in [5.41, 5.74) is 0.732. The van der Waals surface area contributed by atoms with Crippen molar-refractivity contribution in [3.63, 3.8) is 0 Å². The number of fused-ring (bicyclic) bond motifs is 1. The van der Waals surface area contributed by atoms with Crippen LogP contribution in [0.2, 0.25) is 0 Å². The zero-order valence-electron chi connectivity index (χ0n) is 6.55. The van der Waals surface area contributed by atoms with Crippen molar-refractivity contribution in [2.24, 2.45) is 0 Å². The lowest BCUT2D eigenvalue weighted by molar-refractivity contribution is 0.275. The summed E-state index contributed by atoms with van der Waals surface area (Å²) in [5.74, 6) is -0.468. The molecule has 0 atom stereocenters. The SMILES string of the molecule is OCc1cc2ccoc2c(Br)c1F. The van der Waals surface area contributed by atoms with Crippen molar-refractivity contribution in [3.8, 4) is 0 Å². The van der Waals surface area contributed by atoms with Gasteiger partial charge in [-0.25, -0.2) is 4.39 Å². The molecule has 68 valence electrons. The van der Waals surface area contributed by atoms with Crippen molar-refractivity contribution in [2.75, 3.05) is 0 Å². The number of aliphatic hydroxyl groups excluding tert-OH is 1. The molecule has 1 heterocycles. The molecular formula is C9H6BrFO2. The lowest BCUT2D eigenvalue weighted by Crippen LogP contribution is -1.90. The maximum Gasteiger partial charge on any atom is 0.151 e. The minimum atomic E-state index is -0.468. The average Bonchev–Trinajstić information content (AvgIpc) is 2.59. The van der Waals surface area contributed by atoms with Crippen LogP contribution in [0.15, 0.2) is 27.3 Å². The molecule has 0 saturated carbocycles. The molecule has 0 unspecified atom stereocenters. The van der Waals surface area contributed by atoms with Crippen LogP contribution in [-0.2, 0) is 6.61 Å². The summed E-state index contributed by atoms with van der Waals surface area (Å²) in [6, 6.07) is 3.29. The van der Waals surface area contributed by atoms with Gasteiger partial charge in [0.25, 0.3) is 0 Å². The second-order valence-corrected chi connectivity index (χ2v) is 3.45. The third-order valence-corrected chi connectivity index (χ3v) is 2.58. The average molecular weight is 245 g/mol. The minimum absolute atomic E-state index is 0.263. The Balaban J connectivity index is 2.83. The topological polar surface area (TPSA) is 33.4 Å². The zero-order chi connectivity index (χ0) is 9.42. The fourth-order valence-corrected chi connectivity index (χ4v) is 1.79. The van der Waals surface area contributed by atoms with Crippen molar-refractivity contribution in [1.82, 2.24) is 0 Å². The normalized spacial score (nSPS) is 11.0. The lowest BCUT2D eigenvalue weighted by Gasteiger charge is -2.01. The maximum atomic E-state index is 13.3. The molecule has 0 spiro atoms. The molecule has 0 aliphatic heterocycles. The largest absolute Gasteiger partial charge is 0.463 e. The van der Waals surface area contributed by atoms with Gasteiger partial charge in [-0.3, -0.25) is 0 Å². The fraction of sp³-hybridized carbons (Fsp3) is 0.111. The molecule has 0 radical (unpaired) electrons. The van der Waals surface area contributed by atoms with Crippen molar-refractivity contribution in [3.05, 3.63) is 34.2 Å². The van der Waals surface area contributed by atoms with Gasteiger partial charge in [0.1, 0.15) is 5.82 Å². The van der Waals surface area contributed by atoms with Gasteiger partial charge >= 0.3 is 0 Å². The first-order valence-corrected chi connectivity index (χ1v) is 4.48. The molecule has 0 fully saturated rings. The van der Waals surface area contributed by atoms with E-state index < -0.39 is 5.82 Å². The first kappa shape index (κ1) is 8.72. The van der Waals surface area contributed by atoms with Crippen LogP contribution in [0.4, 0.5) is 4.39 Å². The highest BCUT2D eigenvalue weighted by molar-refractivity contribution is 9.10. The molecule has 1 aromatic heterocycles. The molecule has 2 rings (SSSR count). The first-order valence-electron chi connectivity index (χ1n) is 3.69. The summed E-state index contributed by atoms with van der Waals surface area (Å²) < 4.78 is 18.7. The highest BCUT2D eigenvalue weighted by Crippen LogP contribution is 2.30. The zero-order valence-corrected chi connectivity index (χ0v) is 8.14. The van der Waals surface area contributed by atoms with Crippen LogP contribution >= 0.6 is 15.9 Å². The van der Waals surface area contributed by atoms with E-state index in [0.29, 0.717) is 5.58 Å². The molecule has 0 aliphatic rings. The van der Waals surface area contributed by atoms with E-state index in [4.69, 9.17) is 9.52 Å². The van der Waals surface area contributed by atoms with E-state index in [9.17, 15) is 4.39 Å².